The van der Waals surface area contributed by atoms with Crippen molar-refractivity contribution < 1.29 is 19.5 Å². The maximum Gasteiger partial charge on any atom is 0.331 e. The summed E-state index contributed by atoms with van der Waals surface area (Å²) in [5, 5.41) is 14.9. The maximum absolute atomic E-state index is 12.6. The fourth-order valence-corrected chi connectivity index (χ4v) is 3.56. The lowest BCUT2D eigenvalue weighted by atomic mass is 10.2. The fraction of sp³-hybridized carbons (Fsp3) is 0.130. The second-order valence-corrected chi connectivity index (χ2v) is 8.23. The second-order valence-electron chi connectivity index (χ2n) is 6.81. The van der Waals surface area contributed by atoms with Crippen molar-refractivity contribution in [2.45, 2.75) is 24.0 Å². The van der Waals surface area contributed by atoms with Gasteiger partial charge in [0.2, 0.25) is 11.8 Å². The third-order valence-corrected chi connectivity index (χ3v) is 5.46. The van der Waals surface area contributed by atoms with Gasteiger partial charge in [-0.3, -0.25) is 14.6 Å². The Hall–Kier alpha value is -3.65. The summed E-state index contributed by atoms with van der Waals surface area (Å²) in [5.41, 5.74) is 1.98. The molecule has 0 unspecified atom stereocenters. The number of carbonyl (C=O) groups is 3. The van der Waals surface area contributed by atoms with E-state index in [0.717, 1.165) is 21.9 Å². The molecule has 3 N–H and O–H groups in total. The molecule has 2 amide bonds. The predicted molar refractivity (Wildman–Crippen MR) is 122 cm³/mol. The van der Waals surface area contributed by atoms with Gasteiger partial charge >= 0.3 is 5.97 Å². The molecule has 1 aromatic heterocycles. The van der Waals surface area contributed by atoms with E-state index in [0.29, 0.717) is 11.4 Å². The van der Waals surface area contributed by atoms with Gasteiger partial charge < -0.3 is 15.7 Å². The smallest absolute Gasteiger partial charge is 0.331 e. The molecule has 0 fully saturated rings. The number of benzene rings is 2. The monoisotopic (exact) mass is 435 g/mol. The average molecular weight is 436 g/mol. The summed E-state index contributed by atoms with van der Waals surface area (Å²) in [4.78, 5) is 40.3. The molecule has 1 atom stereocenters. The van der Waals surface area contributed by atoms with Gasteiger partial charge in [-0.15, -0.1) is 11.8 Å². The van der Waals surface area contributed by atoms with E-state index in [9.17, 15) is 14.4 Å². The maximum atomic E-state index is 12.6. The van der Waals surface area contributed by atoms with E-state index in [1.807, 2.05) is 37.3 Å². The molecule has 2 aromatic carbocycles. The van der Waals surface area contributed by atoms with E-state index < -0.39 is 11.9 Å². The van der Waals surface area contributed by atoms with Crippen LogP contribution in [0.25, 0.3) is 10.9 Å². The van der Waals surface area contributed by atoms with Crippen LogP contribution in [0.15, 0.2) is 77.3 Å². The van der Waals surface area contributed by atoms with Crippen molar-refractivity contribution in [1.82, 2.24) is 4.98 Å². The quantitative estimate of drug-likeness (QED) is 0.377. The Morgan fingerprint density at radius 1 is 1.03 bits per heavy atom. The molecule has 1 heterocycles. The molecular weight excluding hydrogens is 414 g/mol. The Morgan fingerprint density at radius 3 is 2.45 bits per heavy atom. The van der Waals surface area contributed by atoms with Crippen LogP contribution in [0.1, 0.15) is 13.8 Å². The van der Waals surface area contributed by atoms with Crippen LogP contribution in [0.3, 0.4) is 0 Å². The van der Waals surface area contributed by atoms with E-state index in [1.54, 1.807) is 30.5 Å². The highest BCUT2D eigenvalue weighted by atomic mass is 32.2. The molecular formula is C23H21N3O4S. The first kappa shape index (κ1) is 22.0. The topological polar surface area (TPSA) is 108 Å². The van der Waals surface area contributed by atoms with Crippen molar-refractivity contribution in [1.29, 1.82) is 0 Å². The number of hydrogen-bond donors (Lipinski definition) is 3. The number of hydrogen-bond acceptors (Lipinski definition) is 5. The highest BCUT2D eigenvalue weighted by Crippen LogP contribution is 2.26. The summed E-state index contributed by atoms with van der Waals surface area (Å²) in [6.07, 6.45) is 2.66. The number of para-hydroxylation sites is 1. The number of aliphatic carboxylic acids is 1. The molecule has 0 aliphatic heterocycles. The van der Waals surface area contributed by atoms with Crippen molar-refractivity contribution in [2.75, 3.05) is 10.6 Å². The minimum atomic E-state index is -1.14. The Labute approximate surface area is 183 Å². The number of pyridine rings is 1. The second kappa shape index (κ2) is 9.90. The Balaban J connectivity index is 1.57. The number of carboxylic acids is 1. The molecule has 0 aliphatic rings. The van der Waals surface area contributed by atoms with Gasteiger partial charge in [-0.1, -0.05) is 18.2 Å². The molecule has 0 radical (unpaired) electrons. The van der Waals surface area contributed by atoms with Gasteiger partial charge in [0, 0.05) is 27.6 Å². The van der Waals surface area contributed by atoms with Gasteiger partial charge in [0.25, 0.3) is 0 Å². The summed E-state index contributed by atoms with van der Waals surface area (Å²) in [6.45, 7) is 3.16. The molecule has 0 saturated heterocycles. The highest BCUT2D eigenvalue weighted by molar-refractivity contribution is 8.00. The van der Waals surface area contributed by atoms with Crippen molar-refractivity contribution in [3.05, 3.63) is 72.4 Å². The van der Waals surface area contributed by atoms with Crippen molar-refractivity contribution in [2.24, 2.45) is 0 Å². The fourth-order valence-electron chi connectivity index (χ4n) is 2.69. The standard InChI is InChI=1S/C23H21N3O4S/c1-14(23(29)30)11-21(27)25-17-7-9-19(10-8-17)31-15(2)22(28)26-18-12-16-5-3-4-6-20(16)24-13-18/h3-13,15H,1-2H3,(H,25,27)(H,26,28)(H,29,30)/b14-11+/t15-/m1/s1. The number of thioether (sulfide) groups is 1. The van der Waals surface area contributed by atoms with E-state index >= 15 is 0 Å². The molecule has 0 bridgehead atoms. The third-order valence-electron chi connectivity index (χ3n) is 4.35. The molecule has 8 heteroatoms. The van der Waals surface area contributed by atoms with Crippen LogP contribution in [-0.4, -0.2) is 33.1 Å². The molecule has 3 rings (SSSR count). The van der Waals surface area contributed by atoms with Gasteiger partial charge in [0.05, 0.1) is 22.7 Å². The van der Waals surface area contributed by atoms with Crippen molar-refractivity contribution >= 4 is 51.8 Å². The summed E-state index contributed by atoms with van der Waals surface area (Å²) in [6, 6.07) is 16.5. The van der Waals surface area contributed by atoms with Gasteiger partial charge in [-0.2, -0.15) is 0 Å². The summed E-state index contributed by atoms with van der Waals surface area (Å²) >= 11 is 1.38. The lowest BCUT2D eigenvalue weighted by molar-refractivity contribution is -0.132. The highest BCUT2D eigenvalue weighted by Gasteiger charge is 2.15. The number of aromatic nitrogens is 1. The first-order valence-electron chi connectivity index (χ1n) is 9.47. The zero-order valence-corrected chi connectivity index (χ0v) is 17.8. The van der Waals surface area contributed by atoms with Crippen molar-refractivity contribution in [3.63, 3.8) is 0 Å². The summed E-state index contributed by atoms with van der Waals surface area (Å²) in [7, 11) is 0. The number of amides is 2. The summed E-state index contributed by atoms with van der Waals surface area (Å²) in [5.74, 6) is -1.81. The van der Waals surface area contributed by atoms with Crippen LogP contribution in [-0.2, 0) is 14.4 Å². The number of carboxylic acid groups (broad SMARTS) is 1. The third kappa shape index (κ3) is 6.16. The van der Waals surface area contributed by atoms with Crippen LogP contribution in [0.4, 0.5) is 11.4 Å². The largest absolute Gasteiger partial charge is 0.478 e. The number of rotatable bonds is 7. The van der Waals surface area contributed by atoms with E-state index in [-0.39, 0.29) is 16.7 Å². The van der Waals surface area contributed by atoms with E-state index in [4.69, 9.17) is 5.11 Å². The van der Waals surface area contributed by atoms with Crippen LogP contribution in [0.5, 0.6) is 0 Å². The molecule has 0 aliphatic carbocycles. The molecule has 7 nitrogen and oxygen atoms in total. The van der Waals surface area contributed by atoms with Gasteiger partial charge in [-0.25, -0.2) is 4.79 Å². The SMILES string of the molecule is C/C(=C\C(=O)Nc1ccc(S[C@H](C)C(=O)Nc2cnc3ccccc3c2)cc1)C(=O)O. The zero-order chi connectivity index (χ0) is 22.4. The van der Waals surface area contributed by atoms with E-state index in [2.05, 4.69) is 15.6 Å². The number of nitrogens with one attached hydrogen (secondary N) is 2. The van der Waals surface area contributed by atoms with Crippen molar-refractivity contribution in [3.8, 4) is 0 Å². The number of carbonyl (C=O) groups excluding carboxylic acids is 2. The van der Waals surface area contributed by atoms with Crippen LogP contribution in [0.2, 0.25) is 0 Å². The lowest BCUT2D eigenvalue weighted by Gasteiger charge is -2.13. The summed E-state index contributed by atoms with van der Waals surface area (Å²) < 4.78 is 0. The Morgan fingerprint density at radius 2 is 1.74 bits per heavy atom. The van der Waals surface area contributed by atoms with Crippen LogP contribution >= 0.6 is 11.8 Å². The minimum absolute atomic E-state index is 0.0499. The number of nitrogens with zero attached hydrogens (tertiary/aromatic N) is 1. The predicted octanol–water partition coefficient (Wildman–Crippen LogP) is 4.32. The molecule has 0 spiro atoms. The normalized spacial score (nSPS) is 12.3. The first-order valence-corrected chi connectivity index (χ1v) is 10.3. The van der Waals surface area contributed by atoms with E-state index in [1.165, 1.54) is 18.7 Å². The Bertz CT molecular complexity index is 1160. The number of fused-ring (bicyclic) bond motifs is 1. The van der Waals surface area contributed by atoms with Gasteiger partial charge in [0.15, 0.2) is 0 Å². The molecule has 3 aromatic rings. The van der Waals surface area contributed by atoms with Crippen LogP contribution < -0.4 is 10.6 Å². The number of anilines is 2. The first-order chi connectivity index (χ1) is 14.8. The minimum Gasteiger partial charge on any atom is -0.478 e. The zero-order valence-electron chi connectivity index (χ0n) is 17.0. The Kier molecular flexibility index (Phi) is 7.04. The molecule has 0 saturated carbocycles. The van der Waals surface area contributed by atoms with Gasteiger partial charge in [0.1, 0.15) is 0 Å². The lowest BCUT2D eigenvalue weighted by Crippen LogP contribution is -2.22. The molecule has 158 valence electrons. The van der Waals surface area contributed by atoms with Crippen LogP contribution in [0, 0.1) is 0 Å². The van der Waals surface area contributed by atoms with Gasteiger partial charge in [-0.05, 0) is 50.2 Å². The average Bonchev–Trinajstić information content (AvgIpc) is 2.74. The molecule has 31 heavy (non-hydrogen) atoms.